The summed E-state index contributed by atoms with van der Waals surface area (Å²) in [6, 6.07) is 13.8. The summed E-state index contributed by atoms with van der Waals surface area (Å²) in [4.78, 5) is 30.5. The van der Waals surface area contributed by atoms with Gasteiger partial charge >= 0.3 is 6.03 Å². The molecule has 3 aliphatic heterocycles. The second-order valence-electron chi connectivity index (χ2n) is 9.02. The van der Waals surface area contributed by atoms with Gasteiger partial charge in [0.2, 0.25) is 5.91 Å². The van der Waals surface area contributed by atoms with Crippen LogP contribution in [0, 0.1) is 5.92 Å². The van der Waals surface area contributed by atoms with Crippen molar-refractivity contribution < 1.29 is 19.8 Å². The van der Waals surface area contributed by atoms with E-state index in [2.05, 4.69) is 17.4 Å². The molecule has 3 amide bonds. The van der Waals surface area contributed by atoms with Crippen LogP contribution >= 0.6 is 0 Å². The highest BCUT2D eigenvalue weighted by Gasteiger charge is 2.48. The number of benzene rings is 2. The maximum atomic E-state index is 13.4. The first-order valence-electron chi connectivity index (χ1n) is 11.4. The van der Waals surface area contributed by atoms with E-state index >= 15 is 0 Å². The molecule has 168 valence electrons. The molecule has 4 atom stereocenters. The zero-order valence-electron chi connectivity index (χ0n) is 18.0. The molecule has 32 heavy (non-hydrogen) atoms. The highest BCUT2D eigenvalue weighted by molar-refractivity contribution is 5.83. The van der Waals surface area contributed by atoms with Crippen molar-refractivity contribution in [2.75, 3.05) is 19.7 Å². The molecule has 0 aromatic heterocycles. The van der Waals surface area contributed by atoms with Gasteiger partial charge in [0.25, 0.3) is 0 Å². The normalized spacial score (nSPS) is 25.4. The first-order chi connectivity index (χ1) is 15.6. The number of aromatic hydroxyl groups is 1. The summed E-state index contributed by atoms with van der Waals surface area (Å²) in [6.07, 6.45) is 3.19. The summed E-state index contributed by atoms with van der Waals surface area (Å²) in [5.74, 6) is 0.0662. The third-order valence-corrected chi connectivity index (χ3v) is 7.27. The second kappa shape index (κ2) is 8.47. The molecule has 0 radical (unpaired) electrons. The fourth-order valence-corrected chi connectivity index (χ4v) is 5.71. The average molecular weight is 436 g/mol. The van der Waals surface area contributed by atoms with E-state index in [0.717, 1.165) is 32.2 Å². The van der Waals surface area contributed by atoms with E-state index in [-0.39, 0.29) is 42.3 Å². The molecule has 5 rings (SSSR count). The lowest BCUT2D eigenvalue weighted by Crippen LogP contribution is -2.61. The molecule has 0 spiro atoms. The van der Waals surface area contributed by atoms with E-state index in [0.29, 0.717) is 12.1 Å². The van der Waals surface area contributed by atoms with E-state index in [1.165, 1.54) is 11.1 Å². The highest BCUT2D eigenvalue weighted by Crippen LogP contribution is 2.43. The van der Waals surface area contributed by atoms with Crippen molar-refractivity contribution in [2.45, 2.75) is 43.8 Å². The van der Waals surface area contributed by atoms with Crippen LogP contribution in [0.3, 0.4) is 0 Å². The van der Waals surface area contributed by atoms with Gasteiger partial charge in [0.1, 0.15) is 5.75 Å². The third-order valence-electron chi connectivity index (χ3n) is 7.27. The Balaban J connectivity index is 1.38. The van der Waals surface area contributed by atoms with E-state index in [4.69, 9.17) is 0 Å². The van der Waals surface area contributed by atoms with Crippen LogP contribution in [-0.4, -0.2) is 57.7 Å². The van der Waals surface area contributed by atoms with Crippen molar-refractivity contribution in [3.63, 3.8) is 0 Å². The number of amides is 3. The van der Waals surface area contributed by atoms with Crippen LogP contribution in [0.2, 0.25) is 0 Å². The minimum atomic E-state index is -0.624. The molecule has 7 heteroatoms. The molecule has 2 saturated heterocycles. The number of phenolic OH excluding ortho intramolecular Hbond substituents is 1. The number of rotatable bonds is 3. The Morgan fingerprint density at radius 2 is 2.00 bits per heavy atom. The molecule has 0 unspecified atom stereocenters. The van der Waals surface area contributed by atoms with Gasteiger partial charge in [0, 0.05) is 19.1 Å². The average Bonchev–Trinajstić information content (AvgIpc) is 2.82. The molecule has 7 nitrogen and oxygen atoms in total. The van der Waals surface area contributed by atoms with Crippen LogP contribution in [0.4, 0.5) is 4.79 Å². The number of aliphatic hydroxyl groups is 1. The number of urea groups is 1. The number of likely N-dealkylation sites (tertiary alicyclic amines) is 1. The third kappa shape index (κ3) is 3.60. The molecular formula is C25H29N3O4. The molecule has 2 aromatic rings. The van der Waals surface area contributed by atoms with Gasteiger partial charge in [0.05, 0.1) is 24.6 Å². The number of nitrogens with zero attached hydrogens (tertiary/aromatic N) is 2. The largest absolute Gasteiger partial charge is 0.508 e. The number of nitrogens with one attached hydrogen (secondary N) is 1. The lowest BCUT2D eigenvalue weighted by Gasteiger charge is -2.51. The van der Waals surface area contributed by atoms with Crippen molar-refractivity contribution in [3.05, 3.63) is 65.2 Å². The SMILES string of the molecule is O=C1[C@H]2CCCN(C(=O)N[C@@H](CO)c3cccc(O)c3)[C@H]2C[C@H]2c3ccccc3CCN12. The zero-order chi connectivity index (χ0) is 22.2. The highest BCUT2D eigenvalue weighted by atomic mass is 16.3. The Hall–Kier alpha value is -3.06. The maximum Gasteiger partial charge on any atom is 0.318 e. The summed E-state index contributed by atoms with van der Waals surface area (Å²) in [7, 11) is 0. The van der Waals surface area contributed by atoms with E-state index < -0.39 is 6.04 Å². The molecule has 2 fully saturated rings. The van der Waals surface area contributed by atoms with Gasteiger partial charge in [-0.1, -0.05) is 36.4 Å². The molecule has 2 aromatic carbocycles. The monoisotopic (exact) mass is 435 g/mol. The van der Waals surface area contributed by atoms with Crippen LogP contribution in [0.25, 0.3) is 0 Å². The van der Waals surface area contributed by atoms with Gasteiger partial charge in [0.15, 0.2) is 0 Å². The number of aliphatic hydroxyl groups excluding tert-OH is 1. The van der Waals surface area contributed by atoms with Gasteiger partial charge in [-0.15, -0.1) is 0 Å². The van der Waals surface area contributed by atoms with Crippen molar-refractivity contribution >= 4 is 11.9 Å². The van der Waals surface area contributed by atoms with E-state index in [1.54, 1.807) is 29.2 Å². The molecule has 3 aliphatic rings. The number of piperidine rings is 2. The molecule has 3 N–H and O–H groups in total. The predicted molar refractivity (Wildman–Crippen MR) is 119 cm³/mol. The Kier molecular flexibility index (Phi) is 5.51. The van der Waals surface area contributed by atoms with E-state index in [9.17, 15) is 19.8 Å². The Morgan fingerprint density at radius 1 is 1.16 bits per heavy atom. The molecule has 3 heterocycles. The number of phenols is 1. The van der Waals surface area contributed by atoms with Crippen LogP contribution in [-0.2, 0) is 11.2 Å². The summed E-state index contributed by atoms with van der Waals surface area (Å²) >= 11 is 0. The molecule has 0 bridgehead atoms. The van der Waals surface area contributed by atoms with Crippen LogP contribution in [0.5, 0.6) is 5.75 Å². The first-order valence-corrected chi connectivity index (χ1v) is 11.4. The number of hydrogen-bond donors (Lipinski definition) is 3. The lowest BCUT2D eigenvalue weighted by molar-refractivity contribution is -0.148. The van der Waals surface area contributed by atoms with Crippen molar-refractivity contribution in [2.24, 2.45) is 5.92 Å². The minimum Gasteiger partial charge on any atom is -0.508 e. The smallest absolute Gasteiger partial charge is 0.318 e. The number of hydrogen-bond acceptors (Lipinski definition) is 4. The number of fused-ring (bicyclic) bond motifs is 4. The van der Waals surface area contributed by atoms with Crippen LogP contribution < -0.4 is 5.32 Å². The fraction of sp³-hybridized carbons (Fsp3) is 0.440. The van der Waals surface area contributed by atoms with Gasteiger partial charge < -0.3 is 25.3 Å². The molecule has 0 aliphatic carbocycles. The van der Waals surface area contributed by atoms with E-state index in [1.807, 2.05) is 17.0 Å². The fourth-order valence-electron chi connectivity index (χ4n) is 5.71. The summed E-state index contributed by atoms with van der Waals surface area (Å²) in [5, 5.41) is 22.6. The maximum absolute atomic E-state index is 13.4. The minimum absolute atomic E-state index is 0.00168. The molecular weight excluding hydrogens is 406 g/mol. The second-order valence-corrected chi connectivity index (χ2v) is 9.02. The quantitative estimate of drug-likeness (QED) is 0.691. The van der Waals surface area contributed by atoms with Crippen molar-refractivity contribution in [1.29, 1.82) is 0 Å². The van der Waals surface area contributed by atoms with Crippen molar-refractivity contribution in [1.82, 2.24) is 15.1 Å². The van der Waals surface area contributed by atoms with Gasteiger partial charge in [-0.05, 0) is 54.5 Å². The molecule has 0 saturated carbocycles. The summed E-state index contributed by atoms with van der Waals surface area (Å²) in [6.45, 7) is 1.05. The Bertz CT molecular complexity index is 1030. The summed E-state index contributed by atoms with van der Waals surface area (Å²) < 4.78 is 0. The van der Waals surface area contributed by atoms with Crippen LogP contribution in [0.15, 0.2) is 48.5 Å². The summed E-state index contributed by atoms with van der Waals surface area (Å²) in [5.41, 5.74) is 3.13. The van der Waals surface area contributed by atoms with Crippen molar-refractivity contribution in [3.8, 4) is 5.75 Å². The first kappa shape index (κ1) is 20.8. The Labute approximate surface area is 187 Å². The van der Waals surface area contributed by atoms with Crippen LogP contribution in [0.1, 0.15) is 48.0 Å². The topological polar surface area (TPSA) is 93.1 Å². The number of carbonyl (C=O) groups excluding carboxylic acids is 2. The van der Waals surface area contributed by atoms with Gasteiger partial charge in [-0.25, -0.2) is 4.79 Å². The van der Waals surface area contributed by atoms with Gasteiger partial charge in [-0.2, -0.15) is 0 Å². The Morgan fingerprint density at radius 3 is 2.81 bits per heavy atom. The standard InChI is InChI=1S/C25H29N3O4/c29-15-21(17-6-3-7-18(30)13-17)26-25(32)28-11-4-9-20-23(28)14-22-19-8-2-1-5-16(19)10-12-27(22)24(20)31/h1-3,5-8,13,20-23,29-30H,4,9-12,14-15H2,(H,26,32)/t20-,21-,22-,23-/m0/s1. The van der Waals surface area contributed by atoms with Gasteiger partial charge in [-0.3, -0.25) is 4.79 Å². The predicted octanol–water partition coefficient (Wildman–Crippen LogP) is 2.75. The lowest BCUT2D eigenvalue weighted by atomic mass is 9.76. The zero-order valence-corrected chi connectivity index (χ0v) is 18.0. The number of carbonyl (C=O) groups is 2.